The van der Waals surface area contributed by atoms with Gasteiger partial charge in [0.15, 0.2) is 16.7 Å². The first kappa shape index (κ1) is 16.5. The summed E-state index contributed by atoms with van der Waals surface area (Å²) in [5.41, 5.74) is 0. The van der Waals surface area contributed by atoms with Gasteiger partial charge >= 0.3 is 0 Å². The molecule has 3 rings (SSSR count). The van der Waals surface area contributed by atoms with Crippen LogP contribution in [0.15, 0.2) is 46.3 Å². The van der Waals surface area contributed by atoms with E-state index in [9.17, 15) is 4.79 Å². The molecule has 0 aliphatic rings. The molecule has 9 heteroatoms. The normalized spacial score (nSPS) is 12.1. The largest absolute Gasteiger partial charge is 0.461 e. The van der Waals surface area contributed by atoms with E-state index in [4.69, 9.17) is 16.0 Å². The summed E-state index contributed by atoms with van der Waals surface area (Å²) in [6.45, 7) is 1.79. The van der Waals surface area contributed by atoms with Crippen LogP contribution in [-0.4, -0.2) is 30.9 Å². The Bertz CT molecular complexity index is 832. The number of rotatable bonds is 5. The summed E-state index contributed by atoms with van der Waals surface area (Å²) in [6.07, 6.45) is 3.05. The van der Waals surface area contributed by atoms with E-state index in [0.29, 0.717) is 27.6 Å². The number of hydrogen-bond acceptors (Lipinski definition) is 6. The van der Waals surface area contributed by atoms with Crippen LogP contribution in [0.2, 0.25) is 5.02 Å². The number of thioether (sulfide) groups is 1. The number of hydrogen-bond donors (Lipinski definition) is 1. The van der Waals surface area contributed by atoms with Gasteiger partial charge in [0.25, 0.3) is 0 Å². The molecule has 0 saturated carbocycles. The number of amides is 1. The Labute approximate surface area is 147 Å². The van der Waals surface area contributed by atoms with Gasteiger partial charge in [-0.2, -0.15) is 0 Å². The van der Waals surface area contributed by atoms with Gasteiger partial charge in [0.1, 0.15) is 5.82 Å². The summed E-state index contributed by atoms with van der Waals surface area (Å²) in [4.78, 5) is 16.3. The van der Waals surface area contributed by atoms with E-state index >= 15 is 0 Å². The summed E-state index contributed by atoms with van der Waals surface area (Å²) in [5.74, 6) is 1.50. The Morgan fingerprint density at radius 2 is 2.21 bits per heavy atom. The van der Waals surface area contributed by atoms with Crippen molar-refractivity contribution in [1.82, 2.24) is 19.7 Å². The molecule has 0 saturated heterocycles. The maximum atomic E-state index is 12.3. The highest BCUT2D eigenvalue weighted by Crippen LogP contribution is 2.26. The first-order chi connectivity index (χ1) is 11.5. The lowest BCUT2D eigenvalue weighted by Crippen LogP contribution is -2.23. The van der Waals surface area contributed by atoms with Gasteiger partial charge in [-0.3, -0.25) is 4.79 Å². The summed E-state index contributed by atoms with van der Waals surface area (Å²) in [7, 11) is 1.82. The van der Waals surface area contributed by atoms with Crippen molar-refractivity contribution in [2.45, 2.75) is 17.3 Å². The predicted molar refractivity (Wildman–Crippen MR) is 91.9 cm³/mol. The summed E-state index contributed by atoms with van der Waals surface area (Å²) < 4.78 is 7.11. The molecule has 0 bridgehead atoms. The standard InChI is InChI=1S/C15H14ClN5O2S/c1-9(14(22)18-12-6-5-10(16)8-17-12)24-15-20-19-13(21(15)2)11-4-3-7-23-11/h3-9H,1-2H3,(H,17,18,22)/t9-/m1/s1. The van der Waals surface area contributed by atoms with Crippen LogP contribution in [0.3, 0.4) is 0 Å². The number of aromatic nitrogens is 4. The smallest absolute Gasteiger partial charge is 0.238 e. The predicted octanol–water partition coefficient (Wildman–Crippen LogP) is 3.24. The van der Waals surface area contributed by atoms with Gasteiger partial charge in [-0.25, -0.2) is 4.98 Å². The number of carbonyl (C=O) groups excluding carboxylic acids is 1. The third-order valence-corrected chi connectivity index (χ3v) is 4.56. The number of halogens is 1. The molecule has 24 heavy (non-hydrogen) atoms. The van der Waals surface area contributed by atoms with Crippen molar-refractivity contribution in [3.63, 3.8) is 0 Å². The number of furan rings is 1. The summed E-state index contributed by atoms with van der Waals surface area (Å²) in [6, 6.07) is 6.90. The minimum absolute atomic E-state index is 0.183. The van der Waals surface area contributed by atoms with E-state index in [1.807, 2.05) is 7.05 Å². The number of nitrogens with one attached hydrogen (secondary N) is 1. The highest BCUT2D eigenvalue weighted by Gasteiger charge is 2.20. The van der Waals surface area contributed by atoms with Gasteiger partial charge in [0.05, 0.1) is 16.5 Å². The second-order valence-electron chi connectivity index (χ2n) is 4.95. The zero-order valence-electron chi connectivity index (χ0n) is 12.9. The van der Waals surface area contributed by atoms with Crippen molar-refractivity contribution < 1.29 is 9.21 Å². The Morgan fingerprint density at radius 3 is 2.88 bits per heavy atom. The van der Waals surface area contributed by atoms with Gasteiger partial charge in [0, 0.05) is 13.2 Å². The first-order valence-electron chi connectivity index (χ1n) is 7.07. The van der Waals surface area contributed by atoms with Crippen LogP contribution < -0.4 is 5.32 Å². The van der Waals surface area contributed by atoms with E-state index in [0.717, 1.165) is 0 Å². The quantitative estimate of drug-likeness (QED) is 0.700. The molecule has 0 fully saturated rings. The fourth-order valence-electron chi connectivity index (χ4n) is 1.93. The molecule has 0 aromatic carbocycles. The zero-order valence-corrected chi connectivity index (χ0v) is 14.5. The molecule has 3 aromatic heterocycles. The van der Waals surface area contributed by atoms with Crippen molar-refractivity contribution in [3.8, 4) is 11.6 Å². The molecule has 124 valence electrons. The van der Waals surface area contributed by atoms with Crippen LogP contribution in [0.5, 0.6) is 0 Å². The zero-order chi connectivity index (χ0) is 17.1. The first-order valence-corrected chi connectivity index (χ1v) is 8.32. The fourth-order valence-corrected chi connectivity index (χ4v) is 2.85. The SMILES string of the molecule is C[C@@H](Sc1nnc(-c2ccco2)n1C)C(=O)Nc1ccc(Cl)cn1. The molecule has 0 aliphatic heterocycles. The molecule has 0 unspecified atom stereocenters. The Morgan fingerprint density at radius 1 is 1.38 bits per heavy atom. The maximum Gasteiger partial charge on any atom is 0.238 e. The van der Waals surface area contributed by atoms with Crippen molar-refractivity contribution in [3.05, 3.63) is 41.7 Å². The average molecular weight is 364 g/mol. The van der Waals surface area contributed by atoms with Gasteiger partial charge < -0.3 is 14.3 Å². The molecule has 3 aromatic rings. The summed E-state index contributed by atoms with van der Waals surface area (Å²) in [5, 5.41) is 11.7. The van der Waals surface area contributed by atoms with Crippen molar-refractivity contribution in [2.75, 3.05) is 5.32 Å². The van der Waals surface area contributed by atoms with E-state index in [1.165, 1.54) is 18.0 Å². The number of pyridine rings is 1. The van der Waals surface area contributed by atoms with Crippen molar-refractivity contribution in [2.24, 2.45) is 7.05 Å². The second-order valence-corrected chi connectivity index (χ2v) is 6.70. The van der Waals surface area contributed by atoms with E-state index in [-0.39, 0.29) is 11.2 Å². The maximum absolute atomic E-state index is 12.3. The van der Waals surface area contributed by atoms with Crippen LogP contribution in [0.1, 0.15) is 6.92 Å². The molecular weight excluding hydrogens is 350 g/mol. The number of carbonyl (C=O) groups is 1. The van der Waals surface area contributed by atoms with Crippen LogP contribution in [-0.2, 0) is 11.8 Å². The van der Waals surface area contributed by atoms with Crippen LogP contribution in [0, 0.1) is 0 Å². The molecule has 0 spiro atoms. The van der Waals surface area contributed by atoms with E-state index in [2.05, 4.69) is 20.5 Å². The Hall–Kier alpha value is -2.32. The van der Waals surface area contributed by atoms with Gasteiger partial charge in [0.2, 0.25) is 5.91 Å². The highest BCUT2D eigenvalue weighted by atomic mass is 35.5. The minimum Gasteiger partial charge on any atom is -0.461 e. The molecule has 7 nitrogen and oxygen atoms in total. The lowest BCUT2D eigenvalue weighted by Gasteiger charge is -2.11. The van der Waals surface area contributed by atoms with E-state index in [1.54, 1.807) is 42.0 Å². The lowest BCUT2D eigenvalue weighted by molar-refractivity contribution is -0.115. The average Bonchev–Trinajstić information content (AvgIpc) is 3.20. The van der Waals surface area contributed by atoms with Gasteiger partial charge in [-0.1, -0.05) is 23.4 Å². The Balaban J connectivity index is 1.67. The van der Waals surface area contributed by atoms with Crippen molar-refractivity contribution in [1.29, 1.82) is 0 Å². The van der Waals surface area contributed by atoms with Gasteiger partial charge in [-0.05, 0) is 31.2 Å². The fraction of sp³-hybridized carbons (Fsp3) is 0.200. The third-order valence-electron chi connectivity index (χ3n) is 3.21. The molecule has 1 N–H and O–H groups in total. The summed E-state index contributed by atoms with van der Waals surface area (Å²) >= 11 is 7.08. The second kappa shape index (κ2) is 7.06. The lowest BCUT2D eigenvalue weighted by atomic mass is 10.4. The van der Waals surface area contributed by atoms with Crippen LogP contribution in [0.4, 0.5) is 5.82 Å². The van der Waals surface area contributed by atoms with Crippen molar-refractivity contribution >= 4 is 35.1 Å². The number of anilines is 1. The molecule has 1 atom stereocenters. The highest BCUT2D eigenvalue weighted by molar-refractivity contribution is 8.00. The van der Waals surface area contributed by atoms with Crippen LogP contribution >= 0.6 is 23.4 Å². The minimum atomic E-state index is -0.380. The Kier molecular flexibility index (Phi) is 4.86. The molecule has 0 radical (unpaired) electrons. The number of nitrogens with zero attached hydrogens (tertiary/aromatic N) is 4. The topological polar surface area (TPSA) is 85.8 Å². The molecule has 3 heterocycles. The monoisotopic (exact) mass is 363 g/mol. The van der Waals surface area contributed by atoms with Gasteiger partial charge in [-0.15, -0.1) is 10.2 Å². The molecule has 0 aliphatic carbocycles. The third kappa shape index (κ3) is 3.60. The molecular formula is C15H14ClN5O2S. The van der Waals surface area contributed by atoms with Crippen LogP contribution in [0.25, 0.3) is 11.6 Å². The molecule has 1 amide bonds. The van der Waals surface area contributed by atoms with E-state index < -0.39 is 0 Å².